The second kappa shape index (κ2) is 5.61. The van der Waals surface area contributed by atoms with Gasteiger partial charge in [-0.25, -0.2) is 0 Å². The third-order valence-corrected chi connectivity index (χ3v) is 4.08. The molecule has 96 valence electrons. The van der Waals surface area contributed by atoms with Crippen molar-refractivity contribution in [2.45, 2.75) is 30.4 Å². The molecule has 1 aromatic rings. The Hall–Kier alpha value is -1.22. The monoisotopic (exact) mass is 261 g/mol. The van der Waals surface area contributed by atoms with Crippen LogP contribution in [0, 0.1) is 5.92 Å². The predicted octanol–water partition coefficient (Wildman–Crippen LogP) is 3.73. The number of benzene rings is 1. The standard InChI is InChI=1S/C15H19NOS/c1-4-12-9-15(17)16(10-12)13-7-5-6-8-14(13)18-11(2)3/h4-8,11-12H,1,9-10H2,2-3H3. The highest BCUT2D eigenvalue weighted by Gasteiger charge is 2.29. The van der Waals surface area contributed by atoms with Crippen molar-refractivity contribution in [1.82, 2.24) is 0 Å². The SMILES string of the molecule is C=CC1CC(=O)N(c2ccccc2SC(C)C)C1. The van der Waals surface area contributed by atoms with Crippen LogP contribution in [0.15, 0.2) is 41.8 Å². The zero-order chi connectivity index (χ0) is 13.1. The number of hydrogen-bond acceptors (Lipinski definition) is 2. The number of nitrogens with zero attached hydrogens (tertiary/aromatic N) is 1. The van der Waals surface area contributed by atoms with Gasteiger partial charge < -0.3 is 4.90 Å². The van der Waals surface area contributed by atoms with Crippen LogP contribution >= 0.6 is 11.8 Å². The molecule has 0 saturated carbocycles. The van der Waals surface area contributed by atoms with Gasteiger partial charge >= 0.3 is 0 Å². The fourth-order valence-electron chi connectivity index (χ4n) is 2.16. The van der Waals surface area contributed by atoms with E-state index in [9.17, 15) is 4.79 Å². The molecule has 0 aliphatic carbocycles. The maximum atomic E-state index is 12.1. The molecule has 2 rings (SSSR count). The minimum absolute atomic E-state index is 0.205. The van der Waals surface area contributed by atoms with Crippen molar-refractivity contribution < 1.29 is 4.79 Å². The van der Waals surface area contributed by atoms with Crippen LogP contribution in [0.4, 0.5) is 5.69 Å². The van der Waals surface area contributed by atoms with Gasteiger partial charge in [-0.3, -0.25) is 4.79 Å². The summed E-state index contributed by atoms with van der Waals surface area (Å²) in [6.45, 7) is 8.89. The molecule has 1 heterocycles. The van der Waals surface area contributed by atoms with E-state index in [2.05, 4.69) is 26.5 Å². The third kappa shape index (κ3) is 2.78. The quantitative estimate of drug-likeness (QED) is 0.608. The lowest BCUT2D eigenvalue weighted by Crippen LogP contribution is -2.25. The topological polar surface area (TPSA) is 20.3 Å². The first-order chi connectivity index (χ1) is 8.61. The number of rotatable bonds is 4. The van der Waals surface area contributed by atoms with E-state index in [-0.39, 0.29) is 11.8 Å². The molecule has 1 aliphatic heterocycles. The summed E-state index contributed by atoms with van der Waals surface area (Å²) in [5.41, 5.74) is 1.05. The highest BCUT2D eigenvalue weighted by Crippen LogP contribution is 2.35. The zero-order valence-corrected chi connectivity index (χ0v) is 11.7. The molecule has 1 saturated heterocycles. The van der Waals surface area contributed by atoms with Gasteiger partial charge in [0, 0.05) is 29.0 Å². The van der Waals surface area contributed by atoms with Crippen LogP contribution < -0.4 is 4.90 Å². The molecule has 1 unspecified atom stereocenters. The second-order valence-corrected chi connectivity index (χ2v) is 6.46. The molecular weight excluding hydrogens is 242 g/mol. The van der Waals surface area contributed by atoms with Gasteiger partial charge in [-0.1, -0.05) is 32.1 Å². The van der Waals surface area contributed by atoms with Crippen LogP contribution in [0.3, 0.4) is 0 Å². The molecule has 1 atom stereocenters. The van der Waals surface area contributed by atoms with Crippen molar-refractivity contribution in [3.63, 3.8) is 0 Å². The minimum Gasteiger partial charge on any atom is -0.311 e. The molecule has 0 spiro atoms. The number of hydrogen-bond donors (Lipinski definition) is 0. The summed E-state index contributed by atoms with van der Waals surface area (Å²) in [5, 5.41) is 0.513. The zero-order valence-electron chi connectivity index (χ0n) is 10.9. The summed E-state index contributed by atoms with van der Waals surface area (Å²) < 4.78 is 0. The molecular formula is C15H19NOS. The first-order valence-electron chi connectivity index (χ1n) is 6.30. The summed E-state index contributed by atoms with van der Waals surface area (Å²) in [5.74, 6) is 0.492. The Balaban J connectivity index is 2.27. The number of para-hydroxylation sites is 1. The summed E-state index contributed by atoms with van der Waals surface area (Å²) in [6.07, 6.45) is 2.47. The Labute approximate surface area is 113 Å². The smallest absolute Gasteiger partial charge is 0.227 e. The third-order valence-electron chi connectivity index (χ3n) is 3.01. The van der Waals surface area contributed by atoms with Gasteiger partial charge in [0.25, 0.3) is 0 Å². The van der Waals surface area contributed by atoms with Gasteiger partial charge in [0.1, 0.15) is 0 Å². The normalized spacial score (nSPS) is 19.6. The molecule has 1 aliphatic rings. The van der Waals surface area contributed by atoms with Crippen molar-refractivity contribution in [3.8, 4) is 0 Å². The maximum Gasteiger partial charge on any atom is 0.227 e. The van der Waals surface area contributed by atoms with Crippen molar-refractivity contribution in [2.24, 2.45) is 5.92 Å². The number of amides is 1. The Morgan fingerprint density at radius 1 is 1.44 bits per heavy atom. The van der Waals surface area contributed by atoms with Gasteiger partial charge in [-0.15, -0.1) is 18.3 Å². The van der Waals surface area contributed by atoms with E-state index in [1.807, 2.05) is 29.2 Å². The van der Waals surface area contributed by atoms with E-state index in [4.69, 9.17) is 0 Å². The van der Waals surface area contributed by atoms with Crippen LogP contribution in [0.1, 0.15) is 20.3 Å². The highest BCUT2D eigenvalue weighted by molar-refractivity contribution is 8.00. The van der Waals surface area contributed by atoms with Gasteiger partial charge in [0.2, 0.25) is 5.91 Å². The van der Waals surface area contributed by atoms with Crippen molar-refractivity contribution in [1.29, 1.82) is 0 Å². The predicted molar refractivity (Wildman–Crippen MR) is 78.1 cm³/mol. The van der Waals surface area contributed by atoms with E-state index in [1.165, 1.54) is 4.90 Å². The van der Waals surface area contributed by atoms with Gasteiger partial charge in [-0.05, 0) is 12.1 Å². The summed E-state index contributed by atoms with van der Waals surface area (Å²) >= 11 is 1.80. The van der Waals surface area contributed by atoms with Gasteiger partial charge in [0.15, 0.2) is 0 Å². The van der Waals surface area contributed by atoms with E-state index in [0.29, 0.717) is 11.7 Å². The lowest BCUT2D eigenvalue weighted by Gasteiger charge is -2.20. The average molecular weight is 261 g/mol. The first-order valence-corrected chi connectivity index (χ1v) is 7.18. The molecule has 0 aromatic heterocycles. The van der Waals surface area contributed by atoms with Crippen LogP contribution in [-0.2, 0) is 4.79 Å². The average Bonchev–Trinajstić information content (AvgIpc) is 2.70. The fourth-order valence-corrected chi connectivity index (χ4v) is 3.12. The molecule has 18 heavy (non-hydrogen) atoms. The lowest BCUT2D eigenvalue weighted by molar-refractivity contribution is -0.117. The van der Waals surface area contributed by atoms with Crippen LogP contribution in [0.25, 0.3) is 0 Å². The van der Waals surface area contributed by atoms with Gasteiger partial charge in [-0.2, -0.15) is 0 Å². The molecule has 0 bridgehead atoms. The van der Waals surface area contributed by atoms with Crippen LogP contribution in [0.5, 0.6) is 0 Å². The van der Waals surface area contributed by atoms with Crippen LogP contribution in [-0.4, -0.2) is 17.7 Å². The Kier molecular flexibility index (Phi) is 4.12. The summed E-state index contributed by atoms with van der Waals surface area (Å²) in [7, 11) is 0. The van der Waals surface area contributed by atoms with E-state index < -0.39 is 0 Å². The maximum absolute atomic E-state index is 12.1. The number of thioether (sulfide) groups is 1. The minimum atomic E-state index is 0.205. The first kappa shape index (κ1) is 13.2. The molecule has 0 N–H and O–H groups in total. The van der Waals surface area contributed by atoms with E-state index in [1.54, 1.807) is 11.8 Å². The molecule has 1 fully saturated rings. The van der Waals surface area contributed by atoms with E-state index >= 15 is 0 Å². The Morgan fingerprint density at radius 3 is 2.78 bits per heavy atom. The second-order valence-electron chi connectivity index (χ2n) is 4.84. The highest BCUT2D eigenvalue weighted by atomic mass is 32.2. The number of carbonyl (C=O) groups is 1. The molecule has 3 heteroatoms. The molecule has 1 aromatic carbocycles. The number of carbonyl (C=O) groups excluding carboxylic acids is 1. The van der Waals surface area contributed by atoms with Crippen LogP contribution in [0.2, 0.25) is 0 Å². The molecule has 0 radical (unpaired) electrons. The largest absolute Gasteiger partial charge is 0.311 e. The number of anilines is 1. The molecule has 1 amide bonds. The lowest BCUT2D eigenvalue weighted by atomic mass is 10.1. The van der Waals surface area contributed by atoms with E-state index in [0.717, 1.165) is 12.2 Å². The van der Waals surface area contributed by atoms with Crippen molar-refractivity contribution in [2.75, 3.05) is 11.4 Å². The molecule has 2 nitrogen and oxygen atoms in total. The fraction of sp³-hybridized carbons (Fsp3) is 0.400. The Morgan fingerprint density at radius 2 is 2.17 bits per heavy atom. The van der Waals surface area contributed by atoms with Gasteiger partial charge in [0.05, 0.1) is 5.69 Å². The summed E-state index contributed by atoms with van der Waals surface area (Å²) in [6, 6.07) is 8.15. The Bertz CT molecular complexity index is 456. The van der Waals surface area contributed by atoms with Crippen molar-refractivity contribution >= 4 is 23.4 Å². The van der Waals surface area contributed by atoms with Crippen molar-refractivity contribution in [3.05, 3.63) is 36.9 Å². The summed E-state index contributed by atoms with van der Waals surface area (Å²) in [4.78, 5) is 15.1.